The number of aromatic nitrogens is 2. The molecule has 0 bridgehead atoms. The molecule has 0 fully saturated rings. The molecule has 6 heteroatoms. The molecule has 1 aliphatic rings. The molecule has 3 aromatic rings. The number of methoxy groups -OCH3 is 1. The highest BCUT2D eigenvalue weighted by Crippen LogP contribution is 2.25. The summed E-state index contributed by atoms with van der Waals surface area (Å²) in [5, 5.41) is 0.560. The minimum absolute atomic E-state index is 0.169. The first-order valence-electron chi connectivity index (χ1n) is 8.52. The SMILES string of the molecule is COC(=O)[C@@H]1Cc2ccccc2CN1Cc1nc2ccccc2c(=O)[nH]1. The van der Waals surface area contributed by atoms with Crippen LogP contribution in [0.1, 0.15) is 17.0 Å². The fraction of sp³-hybridized carbons (Fsp3) is 0.250. The van der Waals surface area contributed by atoms with Gasteiger partial charge in [0.05, 0.1) is 24.6 Å². The Morgan fingerprint density at radius 3 is 2.73 bits per heavy atom. The number of para-hydroxylation sites is 1. The normalized spacial score (nSPS) is 17.0. The summed E-state index contributed by atoms with van der Waals surface area (Å²) < 4.78 is 4.99. The molecule has 0 unspecified atom stereocenters. The first-order valence-corrected chi connectivity index (χ1v) is 8.52. The van der Waals surface area contributed by atoms with E-state index in [0.717, 1.165) is 5.56 Å². The molecule has 2 heterocycles. The van der Waals surface area contributed by atoms with Crippen molar-refractivity contribution in [1.82, 2.24) is 14.9 Å². The number of aromatic amines is 1. The Balaban J connectivity index is 1.69. The van der Waals surface area contributed by atoms with E-state index in [2.05, 4.69) is 16.0 Å². The molecule has 0 aliphatic carbocycles. The number of hydrogen-bond acceptors (Lipinski definition) is 5. The lowest BCUT2D eigenvalue weighted by atomic mass is 9.94. The predicted octanol–water partition coefficient (Wildman–Crippen LogP) is 2.02. The van der Waals surface area contributed by atoms with Crippen LogP contribution in [0, 0.1) is 0 Å². The maximum Gasteiger partial charge on any atom is 0.323 e. The monoisotopic (exact) mass is 349 g/mol. The highest BCUT2D eigenvalue weighted by Gasteiger charge is 2.32. The van der Waals surface area contributed by atoms with Crippen molar-refractivity contribution in [3.05, 3.63) is 75.8 Å². The number of ether oxygens (including phenoxy) is 1. The van der Waals surface area contributed by atoms with Gasteiger partial charge in [0.25, 0.3) is 5.56 Å². The molecule has 1 aliphatic heterocycles. The molecule has 26 heavy (non-hydrogen) atoms. The number of carbonyl (C=O) groups excluding carboxylic acids is 1. The molecule has 0 saturated carbocycles. The smallest absolute Gasteiger partial charge is 0.323 e. The van der Waals surface area contributed by atoms with Crippen LogP contribution >= 0.6 is 0 Å². The fourth-order valence-corrected chi connectivity index (χ4v) is 3.51. The second kappa shape index (κ2) is 6.72. The third-order valence-electron chi connectivity index (χ3n) is 4.83. The zero-order valence-electron chi connectivity index (χ0n) is 14.4. The average Bonchev–Trinajstić information content (AvgIpc) is 2.67. The Morgan fingerprint density at radius 1 is 1.19 bits per heavy atom. The Labute approximate surface area is 150 Å². The van der Waals surface area contributed by atoms with Crippen molar-refractivity contribution in [1.29, 1.82) is 0 Å². The van der Waals surface area contributed by atoms with Crippen LogP contribution in [-0.4, -0.2) is 34.0 Å². The van der Waals surface area contributed by atoms with Crippen molar-refractivity contribution >= 4 is 16.9 Å². The zero-order chi connectivity index (χ0) is 18.1. The summed E-state index contributed by atoms with van der Waals surface area (Å²) in [4.78, 5) is 34.0. The lowest BCUT2D eigenvalue weighted by molar-refractivity contribution is -0.148. The number of carbonyl (C=O) groups is 1. The van der Waals surface area contributed by atoms with Crippen LogP contribution in [0.15, 0.2) is 53.3 Å². The van der Waals surface area contributed by atoms with Crippen molar-refractivity contribution in [3.63, 3.8) is 0 Å². The number of benzene rings is 2. The Kier molecular flexibility index (Phi) is 4.26. The van der Waals surface area contributed by atoms with Gasteiger partial charge in [0, 0.05) is 6.54 Å². The summed E-state index contributed by atoms with van der Waals surface area (Å²) >= 11 is 0. The first kappa shape index (κ1) is 16.5. The topological polar surface area (TPSA) is 75.3 Å². The standard InChI is InChI=1S/C20H19N3O3/c1-26-20(25)17-10-13-6-2-3-7-14(13)11-23(17)12-18-21-16-9-5-4-8-15(16)19(24)22-18/h2-9,17H,10-12H2,1H3,(H,21,22,24)/t17-/m0/s1. The quantitative estimate of drug-likeness (QED) is 0.732. The summed E-state index contributed by atoms with van der Waals surface area (Å²) in [6.07, 6.45) is 0.584. The van der Waals surface area contributed by atoms with Gasteiger partial charge in [-0.05, 0) is 29.7 Å². The highest BCUT2D eigenvalue weighted by molar-refractivity contribution is 5.77. The molecular formula is C20H19N3O3. The van der Waals surface area contributed by atoms with Crippen LogP contribution in [-0.2, 0) is 29.0 Å². The molecule has 0 saturated heterocycles. The van der Waals surface area contributed by atoms with Gasteiger partial charge in [0.2, 0.25) is 0 Å². The fourth-order valence-electron chi connectivity index (χ4n) is 3.51. The van der Waals surface area contributed by atoms with Gasteiger partial charge in [-0.25, -0.2) is 4.98 Å². The average molecular weight is 349 g/mol. The number of rotatable bonds is 3. The van der Waals surface area contributed by atoms with Crippen molar-refractivity contribution in [2.45, 2.75) is 25.6 Å². The van der Waals surface area contributed by atoms with Crippen LogP contribution in [0.25, 0.3) is 10.9 Å². The van der Waals surface area contributed by atoms with Crippen LogP contribution in [0.3, 0.4) is 0 Å². The molecule has 1 N–H and O–H groups in total. The molecule has 0 radical (unpaired) electrons. The van der Waals surface area contributed by atoms with Gasteiger partial charge >= 0.3 is 5.97 Å². The largest absolute Gasteiger partial charge is 0.468 e. The first-order chi connectivity index (χ1) is 12.7. The van der Waals surface area contributed by atoms with E-state index in [4.69, 9.17) is 4.74 Å². The lowest BCUT2D eigenvalue weighted by Gasteiger charge is -2.34. The molecule has 2 aromatic carbocycles. The maximum atomic E-state index is 12.3. The zero-order valence-corrected chi connectivity index (χ0v) is 14.4. The van der Waals surface area contributed by atoms with Gasteiger partial charge in [-0.3, -0.25) is 14.5 Å². The number of fused-ring (bicyclic) bond motifs is 2. The second-order valence-electron chi connectivity index (χ2n) is 6.45. The summed E-state index contributed by atoms with van der Waals surface area (Å²) in [7, 11) is 1.40. The number of nitrogens with one attached hydrogen (secondary N) is 1. The molecule has 132 valence electrons. The van der Waals surface area contributed by atoms with E-state index in [-0.39, 0.29) is 11.5 Å². The Morgan fingerprint density at radius 2 is 1.92 bits per heavy atom. The molecule has 1 aromatic heterocycles. The number of hydrogen-bond donors (Lipinski definition) is 1. The highest BCUT2D eigenvalue weighted by atomic mass is 16.5. The van der Waals surface area contributed by atoms with Crippen molar-refractivity contribution in [2.24, 2.45) is 0 Å². The van der Waals surface area contributed by atoms with Gasteiger partial charge < -0.3 is 9.72 Å². The number of nitrogens with zero attached hydrogens (tertiary/aromatic N) is 2. The van der Waals surface area contributed by atoms with Crippen molar-refractivity contribution < 1.29 is 9.53 Å². The molecule has 4 rings (SSSR count). The molecule has 6 nitrogen and oxygen atoms in total. The molecule has 0 spiro atoms. The van der Waals surface area contributed by atoms with E-state index < -0.39 is 6.04 Å². The van der Waals surface area contributed by atoms with E-state index in [1.807, 2.05) is 41.3 Å². The number of H-pyrrole nitrogens is 1. The van der Waals surface area contributed by atoms with Gasteiger partial charge in [0.1, 0.15) is 11.9 Å². The van der Waals surface area contributed by atoms with Crippen molar-refractivity contribution in [2.75, 3.05) is 7.11 Å². The minimum atomic E-state index is -0.397. The minimum Gasteiger partial charge on any atom is -0.468 e. The second-order valence-corrected chi connectivity index (χ2v) is 6.45. The van der Waals surface area contributed by atoms with Gasteiger partial charge in [-0.15, -0.1) is 0 Å². The van der Waals surface area contributed by atoms with Gasteiger partial charge in [-0.1, -0.05) is 36.4 Å². The van der Waals surface area contributed by atoms with Gasteiger partial charge in [0.15, 0.2) is 0 Å². The van der Waals surface area contributed by atoms with E-state index in [1.54, 1.807) is 6.07 Å². The summed E-state index contributed by atoms with van der Waals surface area (Å²) in [5.41, 5.74) is 2.81. The van der Waals surface area contributed by atoms with E-state index in [1.165, 1.54) is 12.7 Å². The lowest BCUT2D eigenvalue weighted by Crippen LogP contribution is -2.46. The van der Waals surface area contributed by atoms with Crippen LogP contribution in [0.2, 0.25) is 0 Å². The van der Waals surface area contributed by atoms with E-state index >= 15 is 0 Å². The van der Waals surface area contributed by atoms with Crippen LogP contribution in [0.5, 0.6) is 0 Å². The Bertz CT molecular complexity index is 1030. The third kappa shape index (κ3) is 2.99. The molecule has 1 atom stereocenters. The van der Waals surface area contributed by atoms with Crippen molar-refractivity contribution in [3.8, 4) is 0 Å². The summed E-state index contributed by atoms with van der Waals surface area (Å²) in [6, 6.07) is 14.9. The predicted molar refractivity (Wildman–Crippen MR) is 97.6 cm³/mol. The van der Waals surface area contributed by atoms with E-state index in [9.17, 15) is 9.59 Å². The molecular weight excluding hydrogens is 330 g/mol. The summed E-state index contributed by atoms with van der Waals surface area (Å²) in [6.45, 7) is 0.973. The molecule has 0 amide bonds. The van der Waals surface area contributed by atoms with E-state index in [0.29, 0.717) is 36.2 Å². The van der Waals surface area contributed by atoms with Crippen LogP contribution < -0.4 is 5.56 Å². The Hall–Kier alpha value is -2.99. The van der Waals surface area contributed by atoms with Crippen LogP contribution in [0.4, 0.5) is 0 Å². The maximum absolute atomic E-state index is 12.3. The number of esters is 1. The van der Waals surface area contributed by atoms with Gasteiger partial charge in [-0.2, -0.15) is 0 Å². The summed E-state index contributed by atoms with van der Waals surface area (Å²) in [5.74, 6) is 0.268. The third-order valence-corrected chi connectivity index (χ3v) is 4.83.